The maximum atomic E-state index is 12.9. The van der Waals surface area contributed by atoms with E-state index in [1.54, 1.807) is 17.0 Å². The number of alkyl halides is 3. The van der Waals surface area contributed by atoms with E-state index < -0.39 is 17.7 Å². The topological polar surface area (TPSA) is 82.8 Å². The number of carbonyl (C=O) groups excluding carboxylic acids is 1. The van der Waals surface area contributed by atoms with Crippen molar-refractivity contribution in [1.29, 1.82) is 0 Å². The molecule has 3 aromatic heterocycles. The Morgan fingerprint density at radius 2 is 2.00 bits per heavy atom. The van der Waals surface area contributed by atoms with Gasteiger partial charge in [0.2, 0.25) is 5.91 Å². The van der Waals surface area contributed by atoms with E-state index in [4.69, 9.17) is 5.11 Å². The van der Waals surface area contributed by atoms with Crippen LogP contribution in [-0.4, -0.2) is 56.2 Å². The summed E-state index contributed by atoms with van der Waals surface area (Å²) in [6.45, 7) is 0.606. The molecule has 0 bridgehead atoms. The van der Waals surface area contributed by atoms with Crippen LogP contribution in [0.4, 0.5) is 19.0 Å². The molecule has 1 aliphatic heterocycles. The van der Waals surface area contributed by atoms with E-state index in [0.29, 0.717) is 59.3 Å². The second kappa shape index (κ2) is 7.64. The maximum absolute atomic E-state index is 12.9. The highest BCUT2D eigenvalue weighted by atomic mass is 32.1. The lowest BCUT2D eigenvalue weighted by atomic mass is 10.1. The van der Waals surface area contributed by atoms with Gasteiger partial charge in [-0.3, -0.25) is 4.79 Å². The monoisotopic (exact) mass is 425 g/mol. The number of hydrogen-bond donors (Lipinski definition) is 2. The summed E-state index contributed by atoms with van der Waals surface area (Å²) >= 11 is 0.655. The lowest BCUT2D eigenvalue weighted by Gasteiger charge is -2.32. The second-order valence-electron chi connectivity index (χ2n) is 6.75. The minimum atomic E-state index is -4.38. The number of aliphatic hydroxyl groups excluding tert-OH is 1. The summed E-state index contributed by atoms with van der Waals surface area (Å²) in [6, 6.07) is 6.11. The van der Waals surface area contributed by atoms with Crippen molar-refractivity contribution in [2.45, 2.75) is 25.1 Å². The fourth-order valence-electron chi connectivity index (χ4n) is 3.33. The van der Waals surface area contributed by atoms with Gasteiger partial charge >= 0.3 is 6.18 Å². The number of fused-ring (bicyclic) bond motifs is 1. The Morgan fingerprint density at radius 1 is 1.24 bits per heavy atom. The quantitative estimate of drug-likeness (QED) is 0.672. The highest BCUT2D eigenvalue weighted by molar-refractivity contribution is 7.15. The molecule has 3 aromatic rings. The summed E-state index contributed by atoms with van der Waals surface area (Å²) in [6.07, 6.45) is -1.45. The molecular weight excluding hydrogens is 407 g/mol. The third-order valence-electron chi connectivity index (χ3n) is 4.84. The van der Waals surface area contributed by atoms with Crippen LogP contribution in [-0.2, 0) is 11.0 Å². The van der Waals surface area contributed by atoms with Crippen LogP contribution in [0.25, 0.3) is 16.2 Å². The number of nitrogens with zero attached hydrogens (tertiary/aromatic N) is 4. The van der Waals surface area contributed by atoms with Gasteiger partial charge in [0.25, 0.3) is 0 Å². The molecule has 1 fully saturated rings. The third kappa shape index (κ3) is 4.06. The molecule has 29 heavy (non-hydrogen) atoms. The Bertz CT molecular complexity index is 1020. The van der Waals surface area contributed by atoms with Gasteiger partial charge in [-0.25, -0.2) is 9.50 Å². The molecule has 7 nitrogen and oxygen atoms in total. The molecule has 4 heterocycles. The molecule has 154 valence electrons. The van der Waals surface area contributed by atoms with Crippen LogP contribution in [0.2, 0.25) is 0 Å². The van der Waals surface area contributed by atoms with Crippen molar-refractivity contribution in [3.63, 3.8) is 0 Å². The minimum Gasteiger partial charge on any atom is -0.387 e. The summed E-state index contributed by atoms with van der Waals surface area (Å²) in [4.78, 5) is 17.2. The average Bonchev–Trinajstić information content (AvgIpc) is 3.34. The number of aromatic nitrogens is 3. The number of aliphatic hydroxyl groups is 1. The normalized spacial score (nSPS) is 15.8. The summed E-state index contributed by atoms with van der Waals surface area (Å²) in [5, 5.41) is 16.8. The first-order chi connectivity index (χ1) is 13.8. The summed E-state index contributed by atoms with van der Waals surface area (Å²) in [5.74, 6) is 0.302. The lowest BCUT2D eigenvalue weighted by Crippen LogP contribution is -2.43. The predicted molar refractivity (Wildman–Crippen MR) is 102 cm³/mol. The van der Waals surface area contributed by atoms with E-state index in [1.807, 2.05) is 0 Å². The first-order valence-corrected chi connectivity index (χ1v) is 9.84. The maximum Gasteiger partial charge on any atom is 0.425 e. The number of thiophene rings is 1. The fourth-order valence-corrected chi connectivity index (χ4v) is 4.20. The zero-order chi connectivity index (χ0) is 20.6. The molecule has 2 N–H and O–H groups in total. The van der Waals surface area contributed by atoms with Gasteiger partial charge in [0, 0.05) is 19.1 Å². The zero-order valence-electron chi connectivity index (χ0n) is 15.2. The SMILES string of the molecule is O=C(CO)N1CCC(Nc2ccc3ncc(-c4ccc(C(F)(F)F)s4)n3n2)CC1. The Labute approximate surface area is 167 Å². The Morgan fingerprint density at radius 3 is 2.66 bits per heavy atom. The van der Waals surface area contributed by atoms with Gasteiger partial charge < -0.3 is 15.3 Å². The van der Waals surface area contributed by atoms with Gasteiger partial charge in [-0.1, -0.05) is 0 Å². The second-order valence-corrected chi connectivity index (χ2v) is 7.83. The lowest BCUT2D eigenvalue weighted by molar-refractivity contribution is -0.135. The smallest absolute Gasteiger partial charge is 0.387 e. The molecule has 0 spiro atoms. The number of carbonyl (C=O) groups is 1. The van der Waals surface area contributed by atoms with Crippen molar-refractivity contribution in [2.24, 2.45) is 0 Å². The first kappa shape index (κ1) is 19.6. The Hall–Kier alpha value is -2.66. The van der Waals surface area contributed by atoms with Crippen LogP contribution >= 0.6 is 11.3 Å². The molecule has 0 unspecified atom stereocenters. The number of amides is 1. The van der Waals surface area contributed by atoms with E-state index in [2.05, 4.69) is 15.4 Å². The number of anilines is 1. The van der Waals surface area contributed by atoms with Gasteiger partial charge in [-0.15, -0.1) is 16.4 Å². The zero-order valence-corrected chi connectivity index (χ0v) is 16.0. The minimum absolute atomic E-state index is 0.105. The van der Waals surface area contributed by atoms with Gasteiger partial charge in [-0.2, -0.15) is 13.2 Å². The number of halogens is 3. The van der Waals surface area contributed by atoms with Crippen molar-refractivity contribution in [3.05, 3.63) is 35.3 Å². The number of rotatable bonds is 4. The van der Waals surface area contributed by atoms with Crippen molar-refractivity contribution < 1.29 is 23.1 Å². The predicted octanol–water partition coefficient (Wildman–Crippen LogP) is 2.87. The van der Waals surface area contributed by atoms with Gasteiger partial charge in [-0.05, 0) is 37.1 Å². The number of imidazole rings is 1. The summed E-state index contributed by atoms with van der Waals surface area (Å²) in [5.41, 5.74) is 1.03. The number of nitrogens with one attached hydrogen (secondary N) is 1. The largest absolute Gasteiger partial charge is 0.425 e. The molecule has 0 saturated carbocycles. The number of piperidine rings is 1. The Kier molecular flexibility index (Phi) is 5.17. The third-order valence-corrected chi connectivity index (χ3v) is 5.99. The van der Waals surface area contributed by atoms with Crippen molar-refractivity contribution in [3.8, 4) is 10.6 Å². The summed E-state index contributed by atoms with van der Waals surface area (Å²) < 4.78 is 40.2. The molecule has 4 rings (SSSR count). The highest BCUT2D eigenvalue weighted by Gasteiger charge is 2.33. The van der Waals surface area contributed by atoms with Crippen molar-refractivity contribution >= 4 is 28.7 Å². The van der Waals surface area contributed by atoms with E-state index in [9.17, 15) is 18.0 Å². The first-order valence-electron chi connectivity index (χ1n) is 9.02. The van der Waals surface area contributed by atoms with Crippen LogP contribution in [0.5, 0.6) is 0 Å². The van der Waals surface area contributed by atoms with Gasteiger partial charge in [0.15, 0.2) is 5.65 Å². The van der Waals surface area contributed by atoms with E-state index >= 15 is 0 Å². The van der Waals surface area contributed by atoms with E-state index in [0.717, 1.165) is 6.07 Å². The van der Waals surface area contributed by atoms with Crippen molar-refractivity contribution in [2.75, 3.05) is 25.0 Å². The van der Waals surface area contributed by atoms with Crippen LogP contribution in [0.15, 0.2) is 30.5 Å². The van der Waals surface area contributed by atoms with E-state index in [-0.39, 0.29) is 11.9 Å². The number of hydrogen-bond acceptors (Lipinski definition) is 6. The molecule has 11 heteroatoms. The molecule has 1 aliphatic rings. The Balaban J connectivity index is 1.52. The number of likely N-dealkylation sites (tertiary alicyclic amines) is 1. The highest BCUT2D eigenvalue weighted by Crippen LogP contribution is 2.38. The molecule has 0 aliphatic carbocycles. The van der Waals surface area contributed by atoms with Gasteiger partial charge in [0.05, 0.1) is 11.1 Å². The molecular formula is C18H18F3N5O2S. The van der Waals surface area contributed by atoms with E-state index in [1.165, 1.54) is 16.8 Å². The van der Waals surface area contributed by atoms with Crippen LogP contribution in [0, 0.1) is 0 Å². The fraction of sp³-hybridized carbons (Fsp3) is 0.389. The standard InChI is InChI=1S/C18H18F3N5O2S/c19-18(20,21)14-2-1-13(29-14)12-9-22-16-4-3-15(24-26(12)16)23-11-5-7-25(8-6-11)17(28)10-27/h1-4,9,11,27H,5-8,10H2,(H,23,24). The molecule has 0 atom stereocenters. The molecule has 1 amide bonds. The molecule has 1 saturated heterocycles. The van der Waals surface area contributed by atoms with Crippen LogP contribution < -0.4 is 5.32 Å². The average molecular weight is 425 g/mol. The van der Waals surface area contributed by atoms with Crippen LogP contribution in [0.3, 0.4) is 0 Å². The molecule has 0 radical (unpaired) electrons. The molecule has 0 aromatic carbocycles. The summed E-state index contributed by atoms with van der Waals surface area (Å²) in [7, 11) is 0. The van der Waals surface area contributed by atoms with Crippen molar-refractivity contribution in [1.82, 2.24) is 19.5 Å². The van der Waals surface area contributed by atoms with Crippen LogP contribution in [0.1, 0.15) is 17.7 Å². The van der Waals surface area contributed by atoms with Gasteiger partial charge in [0.1, 0.15) is 23.0 Å².